The summed E-state index contributed by atoms with van der Waals surface area (Å²) in [5.41, 5.74) is 0. The molecule has 0 saturated heterocycles. The van der Waals surface area contributed by atoms with Crippen LogP contribution in [-0.4, -0.2) is 37.0 Å². The monoisotopic (exact) mass is 548 g/mol. The lowest BCUT2D eigenvalue weighted by Crippen LogP contribution is -2.28. The maximum absolute atomic E-state index is 12.2. The Morgan fingerprint density at radius 3 is 1.56 bits per heavy atom. The molecular formula is C28H53O6PS. The minimum atomic E-state index is -0.728. The first-order chi connectivity index (χ1) is 17.6. The molecule has 0 heterocycles. The average molecular weight is 549 g/mol. The molecule has 0 aliphatic rings. The van der Waals surface area contributed by atoms with Crippen molar-refractivity contribution in [2.45, 2.75) is 148 Å². The fraction of sp³-hybridized carbons (Fsp3) is 0.929. The number of hydrogen-bond donors (Lipinski definition) is 1. The molecule has 0 fully saturated rings. The SMILES string of the molecule is CCCCCCCCCCCC(=O)O[C@@H](COP=O)COC(=O)CCCCCCCCCCCCS. The lowest BCUT2D eigenvalue weighted by atomic mass is 10.1. The second-order valence-corrected chi connectivity index (χ2v) is 10.6. The first-order valence-corrected chi connectivity index (χ1v) is 15.9. The molecule has 0 unspecified atom stereocenters. The number of carbonyl (C=O) groups excluding carboxylic acids is 2. The molecular weight excluding hydrogens is 495 g/mol. The van der Waals surface area contributed by atoms with Crippen LogP contribution in [0.1, 0.15) is 142 Å². The Hall–Kier alpha value is -0.650. The van der Waals surface area contributed by atoms with Crippen LogP contribution in [0, 0.1) is 0 Å². The van der Waals surface area contributed by atoms with Gasteiger partial charge >= 0.3 is 20.6 Å². The zero-order valence-electron chi connectivity index (χ0n) is 22.9. The van der Waals surface area contributed by atoms with Gasteiger partial charge in [0.15, 0.2) is 6.10 Å². The molecule has 0 aromatic carbocycles. The molecule has 0 spiro atoms. The lowest BCUT2D eigenvalue weighted by molar-refractivity contribution is -0.160. The van der Waals surface area contributed by atoms with E-state index >= 15 is 0 Å². The van der Waals surface area contributed by atoms with Crippen molar-refractivity contribution in [2.24, 2.45) is 0 Å². The van der Waals surface area contributed by atoms with Gasteiger partial charge in [-0.15, -0.1) is 0 Å². The van der Waals surface area contributed by atoms with Crippen molar-refractivity contribution in [1.82, 2.24) is 0 Å². The second-order valence-electron chi connectivity index (χ2n) is 9.75. The van der Waals surface area contributed by atoms with E-state index in [2.05, 4.69) is 19.6 Å². The van der Waals surface area contributed by atoms with Gasteiger partial charge in [-0.05, 0) is 25.0 Å². The molecule has 212 valence electrons. The molecule has 0 aromatic heterocycles. The summed E-state index contributed by atoms with van der Waals surface area (Å²) in [6.07, 6.45) is 22.4. The van der Waals surface area contributed by atoms with E-state index < -0.39 is 14.8 Å². The zero-order chi connectivity index (χ0) is 26.5. The molecule has 0 N–H and O–H groups in total. The summed E-state index contributed by atoms with van der Waals surface area (Å²) in [5, 5.41) is 0. The summed E-state index contributed by atoms with van der Waals surface area (Å²) in [4.78, 5) is 24.2. The molecule has 0 aliphatic heterocycles. The van der Waals surface area contributed by atoms with Gasteiger partial charge in [0.1, 0.15) is 13.2 Å². The molecule has 6 nitrogen and oxygen atoms in total. The van der Waals surface area contributed by atoms with E-state index in [0.29, 0.717) is 12.8 Å². The number of rotatable bonds is 28. The van der Waals surface area contributed by atoms with Crippen molar-refractivity contribution < 1.29 is 28.2 Å². The van der Waals surface area contributed by atoms with Crippen LogP contribution in [0.3, 0.4) is 0 Å². The summed E-state index contributed by atoms with van der Waals surface area (Å²) >= 11 is 4.23. The van der Waals surface area contributed by atoms with Crippen LogP contribution in [0.4, 0.5) is 0 Å². The van der Waals surface area contributed by atoms with Crippen LogP contribution in [0.2, 0.25) is 0 Å². The third-order valence-corrected chi connectivity index (χ3v) is 6.89. The Bertz CT molecular complexity index is 520. The fourth-order valence-electron chi connectivity index (χ4n) is 4.11. The number of hydrogen-bond acceptors (Lipinski definition) is 7. The number of ether oxygens (including phenoxy) is 2. The van der Waals surface area contributed by atoms with Crippen LogP contribution >= 0.6 is 21.3 Å². The minimum Gasteiger partial charge on any atom is -0.462 e. The van der Waals surface area contributed by atoms with Crippen molar-refractivity contribution in [2.75, 3.05) is 19.0 Å². The molecule has 0 bridgehead atoms. The highest BCUT2D eigenvalue weighted by Crippen LogP contribution is 2.13. The van der Waals surface area contributed by atoms with Crippen LogP contribution in [-0.2, 0) is 28.2 Å². The average Bonchev–Trinajstić information content (AvgIpc) is 2.87. The van der Waals surface area contributed by atoms with E-state index in [9.17, 15) is 14.2 Å². The first kappa shape index (κ1) is 35.4. The number of carbonyl (C=O) groups is 2. The van der Waals surface area contributed by atoms with E-state index in [4.69, 9.17) is 14.0 Å². The van der Waals surface area contributed by atoms with Crippen LogP contribution in [0.5, 0.6) is 0 Å². The van der Waals surface area contributed by atoms with Crippen molar-refractivity contribution >= 4 is 33.3 Å². The highest BCUT2D eigenvalue weighted by atomic mass is 32.1. The zero-order valence-corrected chi connectivity index (χ0v) is 24.7. The van der Waals surface area contributed by atoms with Gasteiger partial charge in [-0.2, -0.15) is 12.6 Å². The summed E-state index contributed by atoms with van der Waals surface area (Å²) < 4.78 is 26.2. The van der Waals surface area contributed by atoms with Gasteiger partial charge in [0.25, 0.3) is 0 Å². The summed E-state index contributed by atoms with van der Waals surface area (Å²) in [6, 6.07) is 0. The third kappa shape index (κ3) is 26.4. The Kier molecular flexibility index (Phi) is 28.4. The van der Waals surface area contributed by atoms with Gasteiger partial charge in [0.05, 0.1) is 0 Å². The summed E-state index contributed by atoms with van der Waals surface area (Å²) in [7, 11) is -0.485. The van der Waals surface area contributed by atoms with Gasteiger partial charge in [-0.3, -0.25) is 14.1 Å². The van der Waals surface area contributed by atoms with Crippen molar-refractivity contribution in [1.29, 1.82) is 0 Å². The van der Waals surface area contributed by atoms with Crippen LogP contribution in [0.25, 0.3) is 0 Å². The maximum atomic E-state index is 12.2. The maximum Gasteiger partial charge on any atom is 0.327 e. The Labute approximate surface area is 228 Å². The number of thiol groups is 1. The van der Waals surface area contributed by atoms with Crippen molar-refractivity contribution in [3.8, 4) is 0 Å². The lowest BCUT2D eigenvalue weighted by Gasteiger charge is -2.16. The van der Waals surface area contributed by atoms with Gasteiger partial charge < -0.3 is 9.47 Å². The highest BCUT2D eigenvalue weighted by Gasteiger charge is 2.17. The fourth-order valence-corrected chi connectivity index (χ4v) is 4.56. The first-order valence-electron chi connectivity index (χ1n) is 14.5. The van der Waals surface area contributed by atoms with E-state index in [1.54, 1.807) is 0 Å². The van der Waals surface area contributed by atoms with Crippen LogP contribution < -0.4 is 0 Å². The minimum absolute atomic E-state index is 0.0591. The predicted octanol–water partition coefficient (Wildman–Crippen LogP) is 8.81. The van der Waals surface area contributed by atoms with Crippen molar-refractivity contribution in [3.05, 3.63) is 0 Å². The molecule has 36 heavy (non-hydrogen) atoms. The molecule has 0 amide bonds. The summed E-state index contributed by atoms with van der Waals surface area (Å²) in [5.74, 6) is 0.368. The van der Waals surface area contributed by atoms with Crippen molar-refractivity contribution in [3.63, 3.8) is 0 Å². The Morgan fingerprint density at radius 2 is 1.08 bits per heavy atom. The molecule has 0 radical (unpaired) electrons. The van der Waals surface area contributed by atoms with E-state index in [0.717, 1.165) is 44.3 Å². The van der Waals surface area contributed by atoms with Gasteiger partial charge in [-0.25, -0.2) is 4.57 Å². The topological polar surface area (TPSA) is 78.9 Å². The normalized spacial score (nSPS) is 12.1. The number of unbranched alkanes of at least 4 members (excludes halogenated alkanes) is 17. The number of esters is 2. The molecule has 1 atom stereocenters. The smallest absolute Gasteiger partial charge is 0.327 e. The molecule has 8 heteroatoms. The second kappa shape index (κ2) is 28.9. The third-order valence-electron chi connectivity index (χ3n) is 6.31. The van der Waals surface area contributed by atoms with E-state index in [1.165, 1.54) is 83.5 Å². The van der Waals surface area contributed by atoms with Gasteiger partial charge in [-0.1, -0.05) is 110 Å². The van der Waals surface area contributed by atoms with E-state index in [1.807, 2.05) is 0 Å². The van der Waals surface area contributed by atoms with Gasteiger partial charge in [0.2, 0.25) is 0 Å². The molecule has 0 rings (SSSR count). The molecule has 0 aliphatic carbocycles. The van der Waals surface area contributed by atoms with Crippen LogP contribution in [0.15, 0.2) is 0 Å². The quantitative estimate of drug-likeness (QED) is 0.0455. The summed E-state index contributed by atoms with van der Waals surface area (Å²) in [6.45, 7) is 2.10. The highest BCUT2D eigenvalue weighted by molar-refractivity contribution is 7.80. The van der Waals surface area contributed by atoms with Gasteiger partial charge in [0, 0.05) is 12.8 Å². The molecule has 0 saturated carbocycles. The predicted molar refractivity (Wildman–Crippen MR) is 151 cm³/mol. The largest absolute Gasteiger partial charge is 0.462 e. The standard InChI is InChI=1S/C28H53O6PS/c1-2-3-4-5-6-9-13-16-19-22-28(30)34-26(25-33-35-31)24-32-27(29)21-18-15-12-10-7-8-11-14-17-20-23-36/h26,36H,2-25H2,1H3/t26-/m1/s1. The Morgan fingerprint density at radius 1 is 0.639 bits per heavy atom. The Balaban J connectivity index is 3.81. The molecule has 0 aromatic rings. The van der Waals surface area contributed by atoms with E-state index in [-0.39, 0.29) is 25.2 Å².